The molecule has 16 heavy (non-hydrogen) atoms. The van der Waals surface area contributed by atoms with Gasteiger partial charge in [-0.05, 0) is 26.0 Å². The van der Waals surface area contributed by atoms with Crippen LogP contribution >= 0.6 is 24.0 Å². The number of carbonyl (C=O) groups is 1. The van der Waals surface area contributed by atoms with Gasteiger partial charge in [0.15, 0.2) is 0 Å². The van der Waals surface area contributed by atoms with Crippen molar-refractivity contribution in [3.05, 3.63) is 0 Å². The van der Waals surface area contributed by atoms with E-state index in [0.29, 0.717) is 5.25 Å². The SMILES string of the molecule is CSC1CCCCC1NC(=O)C(C)C(N)=S. The monoisotopic (exact) mass is 260 g/mol. The smallest absolute Gasteiger partial charge is 0.229 e. The van der Waals surface area contributed by atoms with Gasteiger partial charge >= 0.3 is 0 Å². The topological polar surface area (TPSA) is 55.1 Å². The Bertz CT molecular complexity index is 271. The van der Waals surface area contributed by atoms with Crippen LogP contribution in [0.25, 0.3) is 0 Å². The van der Waals surface area contributed by atoms with Crippen molar-refractivity contribution < 1.29 is 4.79 Å². The van der Waals surface area contributed by atoms with Crippen molar-refractivity contribution in [1.82, 2.24) is 5.32 Å². The Morgan fingerprint density at radius 3 is 2.69 bits per heavy atom. The molecule has 1 rings (SSSR count). The summed E-state index contributed by atoms with van der Waals surface area (Å²) in [6, 6.07) is 0.285. The Balaban J connectivity index is 2.51. The minimum absolute atomic E-state index is 0.0292. The second kappa shape index (κ2) is 6.45. The van der Waals surface area contributed by atoms with E-state index in [2.05, 4.69) is 11.6 Å². The van der Waals surface area contributed by atoms with Gasteiger partial charge < -0.3 is 11.1 Å². The Kier molecular flexibility index (Phi) is 5.55. The molecule has 3 unspecified atom stereocenters. The van der Waals surface area contributed by atoms with Gasteiger partial charge in [0.05, 0.1) is 10.9 Å². The van der Waals surface area contributed by atoms with E-state index >= 15 is 0 Å². The molecule has 92 valence electrons. The second-order valence-electron chi connectivity index (χ2n) is 4.30. The van der Waals surface area contributed by atoms with Crippen molar-refractivity contribution in [1.29, 1.82) is 0 Å². The Morgan fingerprint density at radius 2 is 2.12 bits per heavy atom. The Hall–Kier alpha value is -0.290. The molecular formula is C11H20N2OS2. The van der Waals surface area contributed by atoms with Crippen molar-refractivity contribution in [2.75, 3.05) is 6.26 Å². The molecule has 5 heteroatoms. The quantitative estimate of drug-likeness (QED) is 0.756. The zero-order valence-electron chi connectivity index (χ0n) is 9.86. The van der Waals surface area contributed by atoms with Crippen LogP contribution in [0.15, 0.2) is 0 Å². The van der Waals surface area contributed by atoms with Crippen molar-refractivity contribution >= 4 is 34.9 Å². The maximum atomic E-state index is 11.8. The number of rotatable bonds is 4. The van der Waals surface area contributed by atoms with E-state index in [1.54, 1.807) is 6.92 Å². The predicted octanol–water partition coefficient (Wildman–Crippen LogP) is 1.70. The van der Waals surface area contributed by atoms with Gasteiger partial charge in [0, 0.05) is 11.3 Å². The van der Waals surface area contributed by atoms with Crippen LogP contribution in [-0.4, -0.2) is 28.4 Å². The zero-order valence-corrected chi connectivity index (χ0v) is 11.5. The van der Waals surface area contributed by atoms with E-state index in [1.165, 1.54) is 19.3 Å². The number of thioether (sulfide) groups is 1. The molecule has 0 aliphatic heterocycles. The standard InChI is InChI=1S/C11H20N2OS2/c1-7(10(12)15)11(14)13-8-5-3-4-6-9(8)16-2/h7-9H,3-6H2,1-2H3,(H2,12,15)(H,13,14). The normalized spacial score (nSPS) is 27.1. The highest BCUT2D eigenvalue weighted by atomic mass is 32.2. The summed E-state index contributed by atoms with van der Waals surface area (Å²) in [5, 5.41) is 3.61. The van der Waals surface area contributed by atoms with Gasteiger partial charge in [0.25, 0.3) is 0 Å². The summed E-state index contributed by atoms with van der Waals surface area (Å²) < 4.78 is 0. The lowest BCUT2D eigenvalue weighted by molar-refractivity contribution is -0.123. The lowest BCUT2D eigenvalue weighted by Gasteiger charge is -2.31. The average Bonchev–Trinajstić information content (AvgIpc) is 2.28. The van der Waals surface area contributed by atoms with Crippen molar-refractivity contribution in [2.45, 2.75) is 43.9 Å². The molecule has 3 nitrogen and oxygen atoms in total. The van der Waals surface area contributed by atoms with Crippen LogP contribution in [0.4, 0.5) is 0 Å². The first-order chi connectivity index (χ1) is 7.56. The van der Waals surface area contributed by atoms with Crippen LogP contribution in [0.5, 0.6) is 0 Å². The Morgan fingerprint density at radius 1 is 1.50 bits per heavy atom. The molecule has 1 aliphatic carbocycles. The summed E-state index contributed by atoms with van der Waals surface area (Å²) in [7, 11) is 0. The fourth-order valence-electron chi connectivity index (χ4n) is 1.98. The number of hydrogen-bond acceptors (Lipinski definition) is 3. The fourth-order valence-corrected chi connectivity index (χ4v) is 3.02. The summed E-state index contributed by atoms with van der Waals surface area (Å²) in [6.07, 6.45) is 6.83. The highest BCUT2D eigenvalue weighted by Gasteiger charge is 2.27. The number of carbonyl (C=O) groups excluding carboxylic acids is 1. The van der Waals surface area contributed by atoms with Gasteiger partial charge in [-0.3, -0.25) is 4.79 Å². The lowest BCUT2D eigenvalue weighted by atomic mass is 9.94. The van der Waals surface area contributed by atoms with Crippen LogP contribution in [-0.2, 0) is 4.79 Å². The molecule has 3 atom stereocenters. The highest BCUT2D eigenvalue weighted by molar-refractivity contribution is 7.99. The first-order valence-electron chi connectivity index (χ1n) is 5.68. The number of nitrogens with one attached hydrogen (secondary N) is 1. The molecule has 0 saturated heterocycles. The third-order valence-electron chi connectivity index (χ3n) is 3.15. The maximum Gasteiger partial charge on any atom is 0.229 e. The zero-order chi connectivity index (χ0) is 12.1. The summed E-state index contributed by atoms with van der Waals surface area (Å²) in [5.74, 6) is -0.391. The Labute approximate surface area is 107 Å². The minimum atomic E-state index is -0.362. The lowest BCUT2D eigenvalue weighted by Crippen LogP contribution is -2.47. The van der Waals surface area contributed by atoms with Crippen LogP contribution < -0.4 is 11.1 Å². The maximum absolute atomic E-state index is 11.8. The van der Waals surface area contributed by atoms with E-state index < -0.39 is 0 Å². The van der Waals surface area contributed by atoms with Gasteiger partial charge in [-0.25, -0.2) is 0 Å². The number of amides is 1. The summed E-state index contributed by atoms with van der Waals surface area (Å²) in [5.41, 5.74) is 5.47. The third kappa shape index (κ3) is 3.63. The molecule has 0 bridgehead atoms. The third-order valence-corrected chi connectivity index (χ3v) is 4.68. The van der Waals surface area contributed by atoms with Gasteiger partial charge in [-0.2, -0.15) is 11.8 Å². The highest BCUT2D eigenvalue weighted by Crippen LogP contribution is 2.27. The van der Waals surface area contributed by atoms with E-state index in [4.69, 9.17) is 18.0 Å². The molecule has 0 radical (unpaired) electrons. The van der Waals surface area contributed by atoms with E-state index in [0.717, 1.165) is 6.42 Å². The van der Waals surface area contributed by atoms with E-state index in [9.17, 15) is 4.79 Å². The minimum Gasteiger partial charge on any atom is -0.393 e. The van der Waals surface area contributed by atoms with Crippen molar-refractivity contribution in [2.24, 2.45) is 11.7 Å². The molecule has 1 aliphatic rings. The molecule has 1 fully saturated rings. The van der Waals surface area contributed by atoms with Crippen LogP contribution in [0.1, 0.15) is 32.6 Å². The largest absolute Gasteiger partial charge is 0.393 e. The summed E-state index contributed by atoms with van der Waals surface area (Å²) in [4.78, 5) is 12.1. The molecule has 0 aromatic carbocycles. The molecule has 0 heterocycles. The van der Waals surface area contributed by atoms with E-state index in [-0.39, 0.29) is 22.9 Å². The van der Waals surface area contributed by atoms with Gasteiger partial charge in [-0.1, -0.05) is 25.1 Å². The fraction of sp³-hybridized carbons (Fsp3) is 0.818. The number of thiocarbonyl (C=S) groups is 1. The average molecular weight is 260 g/mol. The number of nitrogens with two attached hydrogens (primary N) is 1. The van der Waals surface area contributed by atoms with Gasteiger partial charge in [-0.15, -0.1) is 0 Å². The first kappa shape index (κ1) is 13.8. The van der Waals surface area contributed by atoms with E-state index in [1.807, 2.05) is 11.8 Å². The molecule has 1 amide bonds. The molecule has 0 aromatic rings. The molecule has 0 aromatic heterocycles. The summed E-state index contributed by atoms with van der Waals surface area (Å²) >= 11 is 6.67. The molecule has 3 N–H and O–H groups in total. The second-order valence-corrected chi connectivity index (χ2v) is 5.85. The van der Waals surface area contributed by atoms with Gasteiger partial charge in [0.2, 0.25) is 5.91 Å². The molecular weight excluding hydrogens is 240 g/mol. The molecule has 1 saturated carbocycles. The summed E-state index contributed by atoms with van der Waals surface area (Å²) in [6.45, 7) is 1.76. The molecule has 0 spiro atoms. The van der Waals surface area contributed by atoms with Crippen LogP contribution in [0, 0.1) is 5.92 Å². The van der Waals surface area contributed by atoms with Crippen molar-refractivity contribution in [3.8, 4) is 0 Å². The van der Waals surface area contributed by atoms with Crippen LogP contribution in [0.3, 0.4) is 0 Å². The number of hydrogen-bond donors (Lipinski definition) is 2. The van der Waals surface area contributed by atoms with Crippen LogP contribution in [0.2, 0.25) is 0 Å². The predicted molar refractivity (Wildman–Crippen MR) is 73.7 cm³/mol. The van der Waals surface area contributed by atoms with Gasteiger partial charge in [0.1, 0.15) is 0 Å². The van der Waals surface area contributed by atoms with Crippen molar-refractivity contribution in [3.63, 3.8) is 0 Å². The first-order valence-corrected chi connectivity index (χ1v) is 7.38.